The van der Waals surface area contributed by atoms with Crippen molar-refractivity contribution in [1.29, 1.82) is 0 Å². The number of hydrogen-bond donors (Lipinski definition) is 1. The van der Waals surface area contributed by atoms with Crippen LogP contribution in [-0.4, -0.2) is 20.3 Å². The van der Waals surface area contributed by atoms with Crippen LogP contribution in [0.5, 0.6) is 5.75 Å². The predicted octanol–water partition coefficient (Wildman–Crippen LogP) is 0.643. The van der Waals surface area contributed by atoms with Gasteiger partial charge in [-0.05, 0) is 36.4 Å². The Balaban J connectivity index is 2.16. The van der Waals surface area contributed by atoms with Gasteiger partial charge in [0.05, 0.1) is 12.7 Å². The van der Waals surface area contributed by atoms with Gasteiger partial charge in [0.15, 0.2) is 0 Å². The maximum absolute atomic E-state index is 5.85. The molecule has 0 amide bonds. The van der Waals surface area contributed by atoms with Gasteiger partial charge in [-0.1, -0.05) is 6.07 Å². The van der Waals surface area contributed by atoms with Gasteiger partial charge in [0, 0.05) is 5.46 Å². The van der Waals surface area contributed by atoms with Crippen molar-refractivity contribution in [2.24, 2.45) is 5.73 Å². The summed E-state index contributed by atoms with van der Waals surface area (Å²) in [6.45, 7) is 3.16. The summed E-state index contributed by atoms with van der Waals surface area (Å²) in [4.78, 5) is 0. The number of nitrogens with two attached hydrogens (primary N) is 1. The smallest absolute Gasteiger partial charge is 0.492 e. The first kappa shape index (κ1) is 10.7. The molecule has 17 heavy (non-hydrogen) atoms. The monoisotopic (exact) mass is 231 g/mol. The number of benzene rings is 1. The zero-order chi connectivity index (χ0) is 11.8. The van der Waals surface area contributed by atoms with Gasteiger partial charge in [-0.3, -0.25) is 0 Å². The van der Waals surface area contributed by atoms with Gasteiger partial charge in [0.2, 0.25) is 0 Å². The van der Waals surface area contributed by atoms with Crippen LogP contribution < -0.4 is 15.9 Å². The molecule has 1 unspecified atom stereocenters. The highest BCUT2D eigenvalue weighted by atomic mass is 16.6. The maximum atomic E-state index is 5.85. The molecule has 2 N–H and O–H groups in total. The Bertz CT molecular complexity index is 475. The zero-order valence-electron chi connectivity index (χ0n) is 9.68. The second kappa shape index (κ2) is 4.09. The highest BCUT2D eigenvalue weighted by molar-refractivity contribution is 6.64. The van der Waals surface area contributed by atoms with Crippen molar-refractivity contribution in [2.75, 3.05) is 13.2 Å². The minimum Gasteiger partial charge on any atom is -0.492 e. The average molecular weight is 231 g/mol. The lowest BCUT2D eigenvalue weighted by molar-refractivity contribution is 0.164. The molecule has 1 aromatic carbocycles. The van der Waals surface area contributed by atoms with Gasteiger partial charge >= 0.3 is 7.12 Å². The highest BCUT2D eigenvalue weighted by Gasteiger charge is 2.41. The van der Waals surface area contributed by atoms with Crippen molar-refractivity contribution in [3.63, 3.8) is 0 Å². The zero-order valence-corrected chi connectivity index (χ0v) is 9.68. The molecule has 1 aromatic rings. The van der Waals surface area contributed by atoms with Crippen LogP contribution in [0.2, 0.25) is 0 Å². The van der Waals surface area contributed by atoms with Crippen molar-refractivity contribution >= 4 is 12.6 Å². The van der Waals surface area contributed by atoms with Crippen LogP contribution in [0.1, 0.15) is 17.2 Å². The lowest BCUT2D eigenvalue weighted by Crippen LogP contribution is -2.31. The minimum atomic E-state index is -0.330. The van der Waals surface area contributed by atoms with Crippen LogP contribution in [0.15, 0.2) is 24.4 Å². The molecule has 0 saturated carbocycles. The van der Waals surface area contributed by atoms with Gasteiger partial charge in [-0.15, -0.1) is 0 Å². The summed E-state index contributed by atoms with van der Waals surface area (Å²) < 4.78 is 17.1. The van der Waals surface area contributed by atoms with Gasteiger partial charge in [-0.25, -0.2) is 0 Å². The van der Waals surface area contributed by atoms with E-state index in [1.165, 1.54) is 11.8 Å². The molecular formula is C12H14BNO3. The Morgan fingerprint density at radius 1 is 1.41 bits per heavy atom. The summed E-state index contributed by atoms with van der Waals surface area (Å²) in [5.74, 6) is 0.862. The fourth-order valence-corrected chi connectivity index (χ4v) is 2.41. The lowest BCUT2D eigenvalue weighted by Gasteiger charge is -2.12. The quantitative estimate of drug-likeness (QED) is 0.720. The Hall–Kier alpha value is -1.46. The summed E-state index contributed by atoms with van der Waals surface area (Å²) in [5.41, 5.74) is 8.76. The summed E-state index contributed by atoms with van der Waals surface area (Å²) in [6, 6.07) is 4.02. The van der Waals surface area contributed by atoms with E-state index in [0.717, 1.165) is 16.8 Å². The van der Waals surface area contributed by atoms with Crippen molar-refractivity contribution in [3.05, 3.63) is 35.5 Å². The van der Waals surface area contributed by atoms with Crippen LogP contribution in [0, 0.1) is 6.92 Å². The summed E-state index contributed by atoms with van der Waals surface area (Å²) in [5, 5.41) is 0. The van der Waals surface area contributed by atoms with E-state index in [0.29, 0.717) is 13.2 Å². The predicted molar refractivity (Wildman–Crippen MR) is 65.2 cm³/mol. The van der Waals surface area contributed by atoms with Crippen molar-refractivity contribution in [2.45, 2.75) is 13.0 Å². The molecule has 88 valence electrons. The summed E-state index contributed by atoms with van der Waals surface area (Å²) in [6.07, 6.45) is 3.21. The molecule has 2 aliphatic rings. The van der Waals surface area contributed by atoms with Crippen LogP contribution in [0.25, 0.3) is 0 Å². The number of rotatable bonds is 1. The third-order valence-corrected chi connectivity index (χ3v) is 3.15. The fraction of sp³-hybridized carbons (Fsp3) is 0.333. The second-order valence-corrected chi connectivity index (χ2v) is 4.20. The van der Waals surface area contributed by atoms with E-state index in [2.05, 4.69) is 6.92 Å². The summed E-state index contributed by atoms with van der Waals surface area (Å²) >= 11 is 0. The van der Waals surface area contributed by atoms with Crippen LogP contribution in [-0.2, 0) is 9.31 Å². The molecule has 5 heteroatoms. The molecule has 4 nitrogen and oxygen atoms in total. The van der Waals surface area contributed by atoms with E-state index in [1.54, 1.807) is 0 Å². The van der Waals surface area contributed by atoms with E-state index >= 15 is 0 Å². The van der Waals surface area contributed by atoms with Crippen molar-refractivity contribution in [1.82, 2.24) is 0 Å². The molecule has 0 saturated heterocycles. The van der Waals surface area contributed by atoms with E-state index in [-0.39, 0.29) is 13.2 Å². The molecule has 0 bridgehead atoms. The van der Waals surface area contributed by atoms with Gasteiger partial charge < -0.3 is 19.8 Å². The van der Waals surface area contributed by atoms with Crippen molar-refractivity contribution < 1.29 is 14.0 Å². The van der Waals surface area contributed by atoms with E-state index in [9.17, 15) is 0 Å². The molecule has 3 rings (SSSR count). The SMILES string of the molecule is Cc1ccc2c3c1C(/C=C/N)OB3OCCO2. The minimum absolute atomic E-state index is 0.137. The molecular weight excluding hydrogens is 217 g/mol. The Morgan fingerprint density at radius 3 is 3.12 bits per heavy atom. The van der Waals surface area contributed by atoms with Gasteiger partial charge in [0.1, 0.15) is 12.4 Å². The molecule has 2 aliphatic heterocycles. The van der Waals surface area contributed by atoms with Crippen LogP contribution >= 0.6 is 0 Å². The highest BCUT2D eigenvalue weighted by Crippen LogP contribution is 2.33. The number of aryl methyl sites for hydroxylation is 1. The molecule has 0 aromatic heterocycles. The number of hydrogen-bond acceptors (Lipinski definition) is 4. The third kappa shape index (κ3) is 1.62. The molecule has 0 radical (unpaired) electrons. The second-order valence-electron chi connectivity index (χ2n) is 4.20. The normalized spacial score (nSPS) is 22.4. The first-order chi connectivity index (χ1) is 8.31. The average Bonchev–Trinajstić information content (AvgIpc) is 2.55. The maximum Gasteiger partial charge on any atom is 0.498 e. The largest absolute Gasteiger partial charge is 0.498 e. The van der Waals surface area contributed by atoms with Gasteiger partial charge in [-0.2, -0.15) is 0 Å². The first-order valence-corrected chi connectivity index (χ1v) is 5.73. The lowest BCUT2D eigenvalue weighted by atomic mass is 9.76. The molecule has 0 fully saturated rings. The van der Waals surface area contributed by atoms with Crippen LogP contribution in [0.4, 0.5) is 0 Å². The Morgan fingerprint density at radius 2 is 2.29 bits per heavy atom. The topological polar surface area (TPSA) is 53.7 Å². The van der Waals surface area contributed by atoms with E-state index in [4.69, 9.17) is 19.8 Å². The Labute approximate surface area is 100 Å². The third-order valence-electron chi connectivity index (χ3n) is 3.15. The van der Waals surface area contributed by atoms with E-state index in [1.807, 2.05) is 18.2 Å². The summed E-state index contributed by atoms with van der Waals surface area (Å²) in [7, 11) is -0.330. The Kier molecular flexibility index (Phi) is 2.57. The first-order valence-electron chi connectivity index (χ1n) is 5.73. The standard InChI is InChI=1S/C12H14BNO3/c1-8-2-3-10-12-11(8)9(4-5-14)17-13(12)16-7-6-15-10/h2-5,9H,6-7,14H2,1H3/b5-4+. The molecule has 1 atom stereocenters. The fourth-order valence-electron chi connectivity index (χ4n) is 2.41. The number of ether oxygens (including phenoxy) is 1. The molecule has 2 heterocycles. The van der Waals surface area contributed by atoms with Gasteiger partial charge in [0.25, 0.3) is 0 Å². The van der Waals surface area contributed by atoms with E-state index < -0.39 is 0 Å². The van der Waals surface area contributed by atoms with Crippen LogP contribution in [0.3, 0.4) is 0 Å². The molecule has 0 aliphatic carbocycles. The molecule has 0 spiro atoms. The van der Waals surface area contributed by atoms with Crippen molar-refractivity contribution in [3.8, 4) is 5.75 Å².